The minimum absolute atomic E-state index is 0.00786. The Kier molecular flexibility index (Phi) is 7.32. The van der Waals surface area contributed by atoms with Crippen LogP contribution in [0, 0.1) is 11.6 Å². The largest absolute Gasteiger partial charge is 0.467 e. The summed E-state index contributed by atoms with van der Waals surface area (Å²) in [5.74, 6) is -1.44. The lowest BCUT2D eigenvalue weighted by Crippen LogP contribution is -2.42. The van der Waals surface area contributed by atoms with Gasteiger partial charge in [-0.3, -0.25) is 4.98 Å². The van der Waals surface area contributed by atoms with Crippen molar-refractivity contribution in [3.8, 4) is 17.0 Å². The van der Waals surface area contributed by atoms with Gasteiger partial charge in [-0.05, 0) is 53.5 Å². The maximum absolute atomic E-state index is 14.0. The lowest BCUT2D eigenvalue weighted by molar-refractivity contribution is 0.116. The predicted molar refractivity (Wildman–Crippen MR) is 125 cm³/mol. The molecule has 0 aliphatic rings. The van der Waals surface area contributed by atoms with E-state index in [0.717, 1.165) is 6.07 Å². The van der Waals surface area contributed by atoms with Crippen molar-refractivity contribution in [2.45, 2.75) is 45.0 Å². The summed E-state index contributed by atoms with van der Waals surface area (Å²) in [7, 11) is -2.09. The molecule has 0 fully saturated rings. The van der Waals surface area contributed by atoms with Crippen molar-refractivity contribution in [3.05, 3.63) is 77.2 Å². The Morgan fingerprint density at radius 2 is 1.78 bits per heavy atom. The summed E-state index contributed by atoms with van der Waals surface area (Å²) >= 11 is 5.96. The Balaban J connectivity index is 2.01. The summed E-state index contributed by atoms with van der Waals surface area (Å²) in [5.41, 5.74) is 1.89. The molecule has 0 amide bonds. The molecule has 8 heteroatoms. The molecule has 4 nitrogen and oxygen atoms in total. The molecule has 0 aliphatic heterocycles. The Morgan fingerprint density at radius 1 is 1.03 bits per heavy atom. The van der Waals surface area contributed by atoms with E-state index in [1.54, 1.807) is 30.6 Å². The van der Waals surface area contributed by atoms with Gasteiger partial charge in [0.15, 0.2) is 20.0 Å². The van der Waals surface area contributed by atoms with Gasteiger partial charge in [0.05, 0.1) is 11.6 Å². The quantitative estimate of drug-likeness (QED) is 0.338. The SMILES string of the molecule is CC(C)(C)[Si](C)(C)OC[C@H](Oc1ccc(Cl)cn1)c1cnccc1-c1ccc(F)c(F)c1. The number of ether oxygens (including phenoxy) is 1. The van der Waals surface area contributed by atoms with Gasteiger partial charge in [0.25, 0.3) is 0 Å². The van der Waals surface area contributed by atoms with E-state index in [-0.39, 0.29) is 11.6 Å². The third kappa shape index (κ3) is 5.71. The minimum atomic E-state index is -2.09. The van der Waals surface area contributed by atoms with Crippen LogP contribution in [0.3, 0.4) is 0 Å². The van der Waals surface area contributed by atoms with E-state index < -0.39 is 26.1 Å². The highest BCUT2D eigenvalue weighted by molar-refractivity contribution is 6.74. The topological polar surface area (TPSA) is 44.2 Å². The molecule has 0 unspecified atom stereocenters. The van der Waals surface area contributed by atoms with Crippen molar-refractivity contribution in [2.24, 2.45) is 0 Å². The molecule has 0 saturated carbocycles. The van der Waals surface area contributed by atoms with Gasteiger partial charge < -0.3 is 9.16 Å². The first-order chi connectivity index (χ1) is 15.0. The highest BCUT2D eigenvalue weighted by Crippen LogP contribution is 2.38. The van der Waals surface area contributed by atoms with E-state index in [4.69, 9.17) is 20.8 Å². The average Bonchev–Trinajstić information content (AvgIpc) is 2.74. The summed E-state index contributed by atoms with van der Waals surface area (Å²) in [6.07, 6.45) is 4.19. The number of pyridine rings is 2. The van der Waals surface area contributed by atoms with Gasteiger partial charge in [-0.1, -0.05) is 38.4 Å². The number of hydrogen-bond donors (Lipinski definition) is 0. The number of aromatic nitrogens is 2. The van der Waals surface area contributed by atoms with Gasteiger partial charge in [-0.25, -0.2) is 13.8 Å². The lowest BCUT2D eigenvalue weighted by atomic mass is 9.98. The van der Waals surface area contributed by atoms with Crippen LogP contribution in [0.1, 0.15) is 32.4 Å². The molecule has 1 atom stereocenters. The van der Waals surface area contributed by atoms with Gasteiger partial charge >= 0.3 is 0 Å². The van der Waals surface area contributed by atoms with Gasteiger partial charge in [0, 0.05) is 30.2 Å². The van der Waals surface area contributed by atoms with Gasteiger partial charge in [-0.15, -0.1) is 0 Å². The van der Waals surface area contributed by atoms with Crippen molar-refractivity contribution in [1.29, 1.82) is 0 Å². The van der Waals surface area contributed by atoms with Crippen LogP contribution in [-0.2, 0) is 4.43 Å². The normalized spacial score (nSPS) is 13.1. The first-order valence-electron chi connectivity index (χ1n) is 10.3. The van der Waals surface area contributed by atoms with Gasteiger partial charge in [-0.2, -0.15) is 0 Å². The summed E-state index contributed by atoms with van der Waals surface area (Å²) in [5, 5.41) is 0.503. The standard InChI is InChI=1S/C24H27ClF2N2O2Si/c1-24(2,3)32(4,5)30-15-22(31-23-9-7-17(25)13-29-23)19-14-28-11-10-18(19)16-6-8-20(26)21(27)12-16/h6-14,22H,15H2,1-5H3/t22-/m0/s1. The molecule has 0 N–H and O–H groups in total. The molecular formula is C24H27ClF2N2O2Si. The van der Waals surface area contributed by atoms with Crippen LogP contribution in [0.5, 0.6) is 5.88 Å². The molecule has 0 aliphatic carbocycles. The van der Waals surface area contributed by atoms with Crippen LogP contribution in [0.4, 0.5) is 8.78 Å². The predicted octanol–water partition coefficient (Wildman–Crippen LogP) is 7.22. The highest BCUT2D eigenvalue weighted by Gasteiger charge is 2.38. The van der Waals surface area contributed by atoms with E-state index in [0.29, 0.717) is 27.6 Å². The second-order valence-electron chi connectivity index (χ2n) is 9.08. The Hall–Kier alpha value is -2.35. The number of hydrogen-bond acceptors (Lipinski definition) is 4. The van der Waals surface area contributed by atoms with Crippen molar-refractivity contribution in [1.82, 2.24) is 9.97 Å². The van der Waals surface area contributed by atoms with Crippen molar-refractivity contribution >= 4 is 19.9 Å². The fraction of sp³-hybridized carbons (Fsp3) is 0.333. The third-order valence-corrected chi connectivity index (χ3v) is 10.5. The molecular weight excluding hydrogens is 450 g/mol. The number of rotatable bonds is 7. The molecule has 3 aromatic rings. The first kappa shape index (κ1) is 24.3. The number of benzene rings is 1. The fourth-order valence-corrected chi connectivity index (χ4v) is 3.97. The molecule has 2 heterocycles. The van der Waals surface area contributed by atoms with Crippen LogP contribution < -0.4 is 4.74 Å². The molecule has 0 spiro atoms. The van der Waals surface area contributed by atoms with Crippen LogP contribution in [-0.4, -0.2) is 24.9 Å². The van der Waals surface area contributed by atoms with Crippen molar-refractivity contribution in [2.75, 3.05) is 6.61 Å². The van der Waals surface area contributed by atoms with E-state index >= 15 is 0 Å². The molecule has 1 aromatic carbocycles. The minimum Gasteiger partial charge on any atom is -0.467 e. The third-order valence-electron chi connectivity index (χ3n) is 5.79. The van der Waals surface area contributed by atoms with Gasteiger partial charge in [0.1, 0.15) is 6.10 Å². The molecule has 170 valence electrons. The molecule has 3 rings (SSSR count). The summed E-state index contributed by atoms with van der Waals surface area (Å²) < 4.78 is 40.1. The van der Waals surface area contributed by atoms with Gasteiger partial charge in [0.2, 0.25) is 5.88 Å². The van der Waals surface area contributed by atoms with E-state index in [2.05, 4.69) is 43.8 Å². The zero-order chi connectivity index (χ0) is 23.5. The fourth-order valence-electron chi connectivity index (χ4n) is 2.86. The summed E-state index contributed by atoms with van der Waals surface area (Å²) in [4.78, 5) is 8.48. The Bertz CT molecular complexity index is 1070. The maximum atomic E-state index is 14.0. The monoisotopic (exact) mass is 476 g/mol. The number of nitrogens with zero attached hydrogens (tertiary/aromatic N) is 2. The van der Waals surface area contributed by atoms with E-state index in [1.165, 1.54) is 18.3 Å². The Labute approximate surface area is 193 Å². The average molecular weight is 477 g/mol. The molecule has 0 radical (unpaired) electrons. The zero-order valence-electron chi connectivity index (χ0n) is 18.8. The second-order valence-corrected chi connectivity index (χ2v) is 14.3. The molecule has 32 heavy (non-hydrogen) atoms. The lowest BCUT2D eigenvalue weighted by Gasteiger charge is -2.37. The van der Waals surface area contributed by atoms with E-state index in [9.17, 15) is 8.78 Å². The smallest absolute Gasteiger partial charge is 0.213 e. The Morgan fingerprint density at radius 3 is 2.41 bits per heavy atom. The van der Waals surface area contributed by atoms with Crippen molar-refractivity contribution < 1.29 is 17.9 Å². The molecule has 0 saturated heterocycles. The zero-order valence-corrected chi connectivity index (χ0v) is 20.6. The van der Waals surface area contributed by atoms with Crippen LogP contribution in [0.15, 0.2) is 55.0 Å². The van der Waals surface area contributed by atoms with Crippen LogP contribution in [0.2, 0.25) is 23.2 Å². The second kappa shape index (κ2) is 9.64. The number of halogens is 3. The highest BCUT2D eigenvalue weighted by atomic mass is 35.5. The first-order valence-corrected chi connectivity index (χ1v) is 13.6. The molecule has 0 bridgehead atoms. The maximum Gasteiger partial charge on any atom is 0.213 e. The van der Waals surface area contributed by atoms with Crippen LogP contribution >= 0.6 is 11.6 Å². The van der Waals surface area contributed by atoms with E-state index in [1.807, 2.05) is 0 Å². The molecule has 2 aromatic heterocycles. The van der Waals surface area contributed by atoms with Crippen molar-refractivity contribution in [3.63, 3.8) is 0 Å². The summed E-state index contributed by atoms with van der Waals surface area (Å²) in [6.45, 7) is 11.0. The summed E-state index contributed by atoms with van der Waals surface area (Å²) in [6, 6.07) is 8.92. The van der Waals surface area contributed by atoms with Crippen LogP contribution in [0.25, 0.3) is 11.1 Å².